The predicted octanol–water partition coefficient (Wildman–Crippen LogP) is 5.89. The zero-order valence-corrected chi connectivity index (χ0v) is 15.5. The average molecular weight is 353 g/mol. The molecular weight excluding hydrogens is 330 g/mol. The maximum Gasteiger partial charge on any atom is 0.0704 e. The van der Waals surface area contributed by atoms with Gasteiger partial charge < -0.3 is 0 Å². The molecule has 0 unspecified atom stereocenters. The highest BCUT2D eigenvalue weighted by molar-refractivity contribution is 5.92. The Morgan fingerprint density at radius 1 is 0.889 bits per heavy atom. The second kappa shape index (κ2) is 7.92. The summed E-state index contributed by atoms with van der Waals surface area (Å²) in [5.74, 6) is 0. The molecular formula is C24H23N3. The van der Waals surface area contributed by atoms with Gasteiger partial charge in [-0.3, -0.25) is 14.7 Å². The third-order valence-electron chi connectivity index (χ3n) is 4.63. The van der Waals surface area contributed by atoms with Gasteiger partial charge in [-0.25, -0.2) is 0 Å². The summed E-state index contributed by atoms with van der Waals surface area (Å²) in [5.41, 5.74) is 4.76. The van der Waals surface area contributed by atoms with Crippen LogP contribution >= 0.6 is 0 Å². The van der Waals surface area contributed by atoms with Crippen molar-refractivity contribution in [3.05, 3.63) is 96.4 Å². The minimum absolute atomic E-state index is 0.935. The lowest BCUT2D eigenvalue weighted by Gasteiger charge is -2.26. The molecule has 0 saturated heterocycles. The van der Waals surface area contributed by atoms with Gasteiger partial charge >= 0.3 is 0 Å². The van der Waals surface area contributed by atoms with Gasteiger partial charge in [-0.1, -0.05) is 67.6 Å². The van der Waals surface area contributed by atoms with Gasteiger partial charge in [0, 0.05) is 36.1 Å². The van der Waals surface area contributed by atoms with Crippen molar-refractivity contribution in [2.75, 3.05) is 11.6 Å². The number of aromatic nitrogens is 2. The van der Waals surface area contributed by atoms with Crippen molar-refractivity contribution < 1.29 is 0 Å². The number of rotatable bonds is 6. The van der Waals surface area contributed by atoms with Crippen LogP contribution in [0.15, 0.2) is 85.3 Å². The van der Waals surface area contributed by atoms with E-state index in [1.165, 1.54) is 22.0 Å². The van der Waals surface area contributed by atoms with E-state index in [1.807, 2.05) is 18.5 Å². The van der Waals surface area contributed by atoms with Gasteiger partial charge in [0.2, 0.25) is 0 Å². The first kappa shape index (κ1) is 17.1. The molecule has 0 fully saturated rings. The number of anilines is 1. The number of hydrogen-bond donors (Lipinski definition) is 0. The highest BCUT2D eigenvalue weighted by Crippen LogP contribution is 2.26. The van der Waals surface area contributed by atoms with Gasteiger partial charge in [-0.05, 0) is 30.2 Å². The predicted molar refractivity (Wildman–Crippen MR) is 115 cm³/mol. The lowest BCUT2D eigenvalue weighted by Crippen LogP contribution is -2.29. The molecule has 3 heteroatoms. The van der Waals surface area contributed by atoms with E-state index in [0.717, 1.165) is 18.7 Å². The first-order valence-electron chi connectivity index (χ1n) is 9.38. The van der Waals surface area contributed by atoms with Gasteiger partial charge in [0.15, 0.2) is 0 Å². The summed E-state index contributed by atoms with van der Waals surface area (Å²) in [7, 11) is 0. The Morgan fingerprint density at radius 2 is 1.63 bits per heavy atom. The van der Waals surface area contributed by atoms with Crippen LogP contribution in [0.4, 0.5) is 5.69 Å². The number of hydrogen-bond acceptors (Lipinski definition) is 2. The van der Waals surface area contributed by atoms with Crippen molar-refractivity contribution in [3.8, 4) is 0 Å². The van der Waals surface area contributed by atoms with Crippen LogP contribution in [0.5, 0.6) is 0 Å². The summed E-state index contributed by atoms with van der Waals surface area (Å²) >= 11 is 0. The van der Waals surface area contributed by atoms with Crippen molar-refractivity contribution in [2.45, 2.75) is 13.3 Å². The Kier molecular flexibility index (Phi) is 5.01. The van der Waals surface area contributed by atoms with E-state index in [2.05, 4.69) is 101 Å². The molecule has 0 aliphatic heterocycles. The van der Waals surface area contributed by atoms with Crippen molar-refractivity contribution in [1.29, 1.82) is 0 Å². The minimum atomic E-state index is 0.935. The monoisotopic (exact) mass is 353 g/mol. The summed E-state index contributed by atoms with van der Waals surface area (Å²) in [6, 6.07) is 23.1. The molecule has 0 radical (unpaired) electrons. The largest absolute Gasteiger partial charge is 0.281 e. The molecule has 0 saturated carbocycles. The van der Waals surface area contributed by atoms with Crippen LogP contribution in [0.25, 0.3) is 23.1 Å². The van der Waals surface area contributed by atoms with Crippen molar-refractivity contribution in [1.82, 2.24) is 9.66 Å². The Bertz CT molecular complexity index is 1030. The number of para-hydroxylation sites is 1. The van der Waals surface area contributed by atoms with E-state index in [0.29, 0.717) is 0 Å². The minimum Gasteiger partial charge on any atom is -0.281 e. The summed E-state index contributed by atoms with van der Waals surface area (Å²) in [6.45, 7) is 3.14. The molecule has 0 bridgehead atoms. The molecule has 0 spiro atoms. The van der Waals surface area contributed by atoms with Gasteiger partial charge in [0.1, 0.15) is 0 Å². The number of fused-ring (bicyclic) bond motifs is 1. The molecule has 2 aromatic carbocycles. The van der Waals surface area contributed by atoms with E-state index >= 15 is 0 Å². The Hall–Kier alpha value is -3.33. The van der Waals surface area contributed by atoms with Crippen LogP contribution < -0.4 is 5.01 Å². The van der Waals surface area contributed by atoms with Gasteiger partial charge in [0.25, 0.3) is 0 Å². The highest BCUT2D eigenvalue weighted by Gasteiger charge is 2.13. The first-order valence-corrected chi connectivity index (χ1v) is 9.38. The molecule has 4 rings (SSSR count). The molecule has 2 heterocycles. The number of pyridine rings is 1. The lowest BCUT2D eigenvalue weighted by molar-refractivity contribution is 0.695. The van der Waals surface area contributed by atoms with Gasteiger partial charge in [-0.15, -0.1) is 0 Å². The normalized spacial score (nSPS) is 11.3. The quantitative estimate of drug-likeness (QED) is 0.431. The Labute approximate surface area is 160 Å². The second-order valence-corrected chi connectivity index (χ2v) is 6.52. The first-order chi connectivity index (χ1) is 13.4. The lowest BCUT2D eigenvalue weighted by atomic mass is 10.1. The Balaban J connectivity index is 1.80. The fourth-order valence-electron chi connectivity index (χ4n) is 3.36. The van der Waals surface area contributed by atoms with Crippen LogP contribution in [0, 0.1) is 0 Å². The molecule has 134 valence electrons. The second-order valence-electron chi connectivity index (χ2n) is 6.52. The fraction of sp³-hybridized carbons (Fsp3) is 0.125. The number of nitrogens with zero attached hydrogens (tertiary/aromatic N) is 3. The van der Waals surface area contributed by atoms with Crippen LogP contribution in [-0.2, 0) is 0 Å². The summed E-state index contributed by atoms with van der Waals surface area (Å²) in [6.07, 6.45) is 11.3. The molecule has 0 amide bonds. The van der Waals surface area contributed by atoms with Crippen molar-refractivity contribution in [3.63, 3.8) is 0 Å². The molecule has 0 aliphatic rings. The number of benzene rings is 2. The van der Waals surface area contributed by atoms with E-state index in [9.17, 15) is 0 Å². The van der Waals surface area contributed by atoms with Crippen LogP contribution in [0.3, 0.4) is 0 Å². The van der Waals surface area contributed by atoms with Crippen LogP contribution in [0.2, 0.25) is 0 Å². The summed E-state index contributed by atoms with van der Waals surface area (Å²) in [5, 5.41) is 3.56. The van der Waals surface area contributed by atoms with Crippen molar-refractivity contribution in [2.24, 2.45) is 0 Å². The fourth-order valence-corrected chi connectivity index (χ4v) is 3.36. The third-order valence-corrected chi connectivity index (χ3v) is 4.63. The van der Waals surface area contributed by atoms with E-state index in [4.69, 9.17) is 0 Å². The van der Waals surface area contributed by atoms with Crippen LogP contribution in [0.1, 0.15) is 24.5 Å². The average Bonchev–Trinajstić information content (AvgIpc) is 3.10. The molecule has 4 aromatic rings. The smallest absolute Gasteiger partial charge is 0.0704 e. The maximum absolute atomic E-state index is 4.17. The van der Waals surface area contributed by atoms with E-state index in [-0.39, 0.29) is 0 Å². The summed E-state index contributed by atoms with van der Waals surface area (Å²) in [4.78, 5) is 4.17. The third kappa shape index (κ3) is 3.63. The van der Waals surface area contributed by atoms with E-state index in [1.54, 1.807) is 0 Å². The van der Waals surface area contributed by atoms with E-state index < -0.39 is 0 Å². The molecule has 2 aromatic heterocycles. The SMILES string of the molecule is CCCN(c1ccncc1)n1cc(/C=C/c2ccccc2)c2ccccc21. The maximum atomic E-state index is 4.17. The molecule has 27 heavy (non-hydrogen) atoms. The Morgan fingerprint density at radius 3 is 2.41 bits per heavy atom. The van der Waals surface area contributed by atoms with Gasteiger partial charge in [-0.2, -0.15) is 0 Å². The van der Waals surface area contributed by atoms with Crippen molar-refractivity contribution >= 4 is 28.7 Å². The standard InChI is InChI=1S/C24H23N3/c1-2-18-26(22-14-16-25-17-15-22)27-19-21(23-10-6-7-11-24(23)27)13-12-20-8-4-3-5-9-20/h3-17,19H,2,18H2,1H3/b13-12+. The highest BCUT2D eigenvalue weighted by atomic mass is 15.5. The van der Waals surface area contributed by atoms with Gasteiger partial charge in [0.05, 0.1) is 11.2 Å². The zero-order chi connectivity index (χ0) is 18.5. The molecule has 3 nitrogen and oxygen atoms in total. The molecule has 0 atom stereocenters. The molecule has 0 N–H and O–H groups in total. The summed E-state index contributed by atoms with van der Waals surface area (Å²) < 4.78 is 2.26. The van der Waals surface area contributed by atoms with Crippen LogP contribution in [-0.4, -0.2) is 16.2 Å². The molecule has 0 aliphatic carbocycles. The topological polar surface area (TPSA) is 21.1 Å². The zero-order valence-electron chi connectivity index (χ0n) is 15.5.